The predicted octanol–water partition coefficient (Wildman–Crippen LogP) is 6.79. The third-order valence-electron chi connectivity index (χ3n) is 9.03. The summed E-state index contributed by atoms with van der Waals surface area (Å²) in [5.41, 5.74) is 6.23. The van der Waals surface area contributed by atoms with Gasteiger partial charge < -0.3 is 4.74 Å². The standard InChI is InChI=1S/C36H34N2O5/c1-20-8-15-28-29(16-20)35(41)38(34(28)40)26-13-11-24(12-14-26)31-18-30(27-7-5-6-22(3)33(27)37-31)36(42)43-19-32(39)25-10-9-21(2)23(4)17-25/h5-7,9-14,17-18,20,28-29H,8,15-16,19H2,1-4H3. The maximum Gasteiger partial charge on any atom is 0.339 e. The van der Waals surface area contributed by atoms with E-state index in [-0.39, 0.29) is 36.0 Å². The van der Waals surface area contributed by atoms with E-state index in [1.54, 1.807) is 30.3 Å². The molecule has 1 saturated heterocycles. The lowest BCUT2D eigenvalue weighted by atomic mass is 9.76. The Kier molecular flexibility index (Phi) is 7.42. The molecule has 3 aromatic carbocycles. The second-order valence-corrected chi connectivity index (χ2v) is 12.0. The van der Waals surface area contributed by atoms with E-state index in [9.17, 15) is 19.2 Å². The van der Waals surface area contributed by atoms with Gasteiger partial charge in [0.25, 0.3) is 0 Å². The number of pyridine rings is 1. The first-order chi connectivity index (χ1) is 20.6. The number of carbonyl (C=O) groups excluding carboxylic acids is 4. The maximum atomic E-state index is 13.4. The molecule has 0 N–H and O–H groups in total. The smallest absolute Gasteiger partial charge is 0.339 e. The highest BCUT2D eigenvalue weighted by molar-refractivity contribution is 6.22. The highest BCUT2D eigenvalue weighted by Crippen LogP contribution is 2.42. The number of anilines is 1. The molecule has 1 saturated carbocycles. The summed E-state index contributed by atoms with van der Waals surface area (Å²) in [4.78, 5) is 58.7. The van der Waals surface area contributed by atoms with Gasteiger partial charge in [-0.15, -0.1) is 0 Å². The zero-order valence-electron chi connectivity index (χ0n) is 24.8. The van der Waals surface area contributed by atoms with Crippen LogP contribution in [0.4, 0.5) is 5.69 Å². The molecule has 0 bridgehead atoms. The van der Waals surface area contributed by atoms with Crippen molar-refractivity contribution < 1.29 is 23.9 Å². The third kappa shape index (κ3) is 5.24. The monoisotopic (exact) mass is 574 g/mol. The van der Waals surface area contributed by atoms with Crippen LogP contribution in [0.3, 0.4) is 0 Å². The lowest BCUT2D eigenvalue weighted by Gasteiger charge is -2.25. The summed E-state index contributed by atoms with van der Waals surface area (Å²) in [6.07, 6.45) is 2.46. The molecule has 2 aliphatic rings. The van der Waals surface area contributed by atoms with E-state index in [2.05, 4.69) is 6.92 Å². The van der Waals surface area contributed by atoms with Crippen molar-refractivity contribution in [2.45, 2.75) is 47.0 Å². The first kappa shape index (κ1) is 28.5. The van der Waals surface area contributed by atoms with Crippen LogP contribution in [0.5, 0.6) is 0 Å². The van der Waals surface area contributed by atoms with Crippen LogP contribution in [-0.2, 0) is 14.3 Å². The molecule has 1 aliphatic carbocycles. The van der Waals surface area contributed by atoms with Crippen LogP contribution >= 0.6 is 0 Å². The zero-order valence-corrected chi connectivity index (χ0v) is 24.8. The molecule has 1 aromatic heterocycles. The molecule has 3 atom stereocenters. The van der Waals surface area contributed by atoms with Crippen molar-refractivity contribution in [3.63, 3.8) is 0 Å². The Hall–Kier alpha value is -4.65. The van der Waals surface area contributed by atoms with Gasteiger partial charge in [-0.25, -0.2) is 9.78 Å². The van der Waals surface area contributed by atoms with Crippen LogP contribution in [-0.4, -0.2) is 35.2 Å². The number of benzene rings is 3. The largest absolute Gasteiger partial charge is 0.454 e. The Labute approximate surface area is 250 Å². The first-order valence-corrected chi connectivity index (χ1v) is 14.8. The van der Waals surface area contributed by atoms with Gasteiger partial charge in [0, 0.05) is 16.5 Å². The van der Waals surface area contributed by atoms with Gasteiger partial charge in [0.15, 0.2) is 12.4 Å². The van der Waals surface area contributed by atoms with Gasteiger partial charge in [-0.3, -0.25) is 19.3 Å². The van der Waals surface area contributed by atoms with E-state index < -0.39 is 5.97 Å². The SMILES string of the molecule is Cc1ccc(C(=O)COC(=O)c2cc(-c3ccc(N4C(=O)C5CCC(C)CC5C4=O)cc3)nc3c(C)cccc23)cc1C. The molecule has 2 amide bonds. The Bertz CT molecular complexity index is 1790. The molecule has 2 heterocycles. The number of esters is 1. The highest BCUT2D eigenvalue weighted by Gasteiger charge is 2.49. The number of aryl methyl sites for hydroxylation is 3. The summed E-state index contributed by atoms with van der Waals surface area (Å²) in [5, 5.41) is 0.633. The lowest BCUT2D eigenvalue weighted by molar-refractivity contribution is -0.122. The van der Waals surface area contributed by atoms with Crippen molar-refractivity contribution in [2.75, 3.05) is 11.5 Å². The predicted molar refractivity (Wildman–Crippen MR) is 165 cm³/mol. The number of ketones is 1. The number of Topliss-reactive ketones (excluding diaryl/α,β-unsaturated/α-hetero) is 1. The summed E-state index contributed by atoms with van der Waals surface area (Å²) in [6, 6.07) is 19.8. The fourth-order valence-corrected chi connectivity index (χ4v) is 6.34. The summed E-state index contributed by atoms with van der Waals surface area (Å²) in [7, 11) is 0. The van der Waals surface area contributed by atoms with Crippen LogP contribution in [0.1, 0.15) is 63.6 Å². The summed E-state index contributed by atoms with van der Waals surface area (Å²) in [6.45, 7) is 7.59. The van der Waals surface area contributed by atoms with Crippen LogP contribution in [0, 0.1) is 38.5 Å². The summed E-state index contributed by atoms with van der Waals surface area (Å²) < 4.78 is 5.52. The Morgan fingerprint density at radius 1 is 0.860 bits per heavy atom. The molecule has 7 nitrogen and oxygen atoms in total. The molecule has 1 aliphatic heterocycles. The number of hydrogen-bond donors (Lipinski definition) is 0. The van der Waals surface area contributed by atoms with Gasteiger partial charge in [0.05, 0.1) is 34.3 Å². The number of imide groups is 1. The van der Waals surface area contributed by atoms with E-state index in [0.717, 1.165) is 41.5 Å². The number of para-hydroxylation sites is 1. The van der Waals surface area contributed by atoms with E-state index in [1.807, 2.05) is 57.2 Å². The Morgan fingerprint density at radius 3 is 2.35 bits per heavy atom. The fraction of sp³-hybridized carbons (Fsp3) is 0.306. The van der Waals surface area contributed by atoms with Crippen LogP contribution in [0.2, 0.25) is 0 Å². The van der Waals surface area contributed by atoms with E-state index in [4.69, 9.17) is 9.72 Å². The molecule has 4 aromatic rings. The zero-order chi connectivity index (χ0) is 30.4. The number of ether oxygens (including phenoxy) is 1. The van der Waals surface area contributed by atoms with E-state index >= 15 is 0 Å². The molecule has 218 valence electrons. The average molecular weight is 575 g/mol. The number of carbonyl (C=O) groups is 4. The van der Waals surface area contributed by atoms with Gasteiger partial charge in [0.1, 0.15) is 0 Å². The van der Waals surface area contributed by atoms with Crippen molar-refractivity contribution in [1.82, 2.24) is 4.98 Å². The Morgan fingerprint density at radius 2 is 1.60 bits per heavy atom. The van der Waals surface area contributed by atoms with Gasteiger partial charge in [0.2, 0.25) is 11.8 Å². The molecule has 3 unspecified atom stereocenters. The van der Waals surface area contributed by atoms with Crippen LogP contribution < -0.4 is 4.90 Å². The fourth-order valence-electron chi connectivity index (χ4n) is 6.34. The van der Waals surface area contributed by atoms with Crippen molar-refractivity contribution in [3.05, 3.63) is 94.5 Å². The minimum Gasteiger partial charge on any atom is -0.454 e. The van der Waals surface area contributed by atoms with E-state index in [1.165, 1.54) is 4.90 Å². The molecule has 2 fully saturated rings. The quantitative estimate of drug-likeness (QED) is 0.143. The summed E-state index contributed by atoms with van der Waals surface area (Å²) in [5.74, 6) is -1.15. The number of nitrogens with zero attached hydrogens (tertiary/aromatic N) is 2. The number of hydrogen-bond acceptors (Lipinski definition) is 6. The average Bonchev–Trinajstić information content (AvgIpc) is 3.25. The Balaban J connectivity index is 1.28. The molecule has 6 rings (SSSR count). The molecule has 7 heteroatoms. The van der Waals surface area contributed by atoms with Gasteiger partial charge in [-0.2, -0.15) is 0 Å². The molecule has 43 heavy (non-hydrogen) atoms. The summed E-state index contributed by atoms with van der Waals surface area (Å²) >= 11 is 0. The number of rotatable bonds is 6. The number of aromatic nitrogens is 1. The highest BCUT2D eigenvalue weighted by atomic mass is 16.5. The normalized spacial score (nSPS) is 19.9. The van der Waals surface area contributed by atoms with Gasteiger partial charge in [-0.1, -0.05) is 49.4 Å². The molecule has 0 radical (unpaired) electrons. The molecular weight excluding hydrogens is 540 g/mol. The maximum absolute atomic E-state index is 13.4. The first-order valence-electron chi connectivity index (χ1n) is 14.8. The lowest BCUT2D eigenvalue weighted by Crippen LogP contribution is -2.30. The van der Waals surface area contributed by atoms with Gasteiger partial charge in [-0.05, 0) is 86.9 Å². The second kappa shape index (κ2) is 11.2. The van der Waals surface area contributed by atoms with Crippen LogP contribution in [0.25, 0.3) is 22.2 Å². The number of amides is 2. The topological polar surface area (TPSA) is 93.6 Å². The number of fused-ring (bicyclic) bond motifs is 2. The minimum atomic E-state index is -0.613. The van der Waals surface area contributed by atoms with Gasteiger partial charge >= 0.3 is 5.97 Å². The molecular formula is C36H34N2O5. The van der Waals surface area contributed by atoms with Crippen LogP contribution in [0.15, 0.2) is 66.7 Å². The minimum absolute atomic E-state index is 0.116. The van der Waals surface area contributed by atoms with Crippen molar-refractivity contribution in [2.24, 2.45) is 17.8 Å². The molecule has 0 spiro atoms. The van der Waals surface area contributed by atoms with Crippen molar-refractivity contribution in [3.8, 4) is 11.3 Å². The second-order valence-electron chi connectivity index (χ2n) is 12.0. The third-order valence-corrected chi connectivity index (χ3v) is 9.03. The van der Waals surface area contributed by atoms with Crippen molar-refractivity contribution >= 4 is 40.2 Å². The van der Waals surface area contributed by atoms with Crippen molar-refractivity contribution in [1.29, 1.82) is 0 Å². The van der Waals surface area contributed by atoms with E-state index in [0.29, 0.717) is 39.3 Å².